The standard InChI is InChI=1S/C19H15F2N5O4/c1-30-12-5-2-10(3-6-12)22-15(27)9-25-17-16(23-24-25)18(28)26(19(17)29)11-4-7-13(20)14(21)8-11/h2-8,16-17H,9H2,1H3,(H,22,27)/t16-,17+/m1/s1. The van der Waals surface area contributed by atoms with Gasteiger partial charge < -0.3 is 10.1 Å². The van der Waals surface area contributed by atoms with E-state index in [0.717, 1.165) is 28.1 Å². The van der Waals surface area contributed by atoms with E-state index in [1.54, 1.807) is 24.3 Å². The van der Waals surface area contributed by atoms with Gasteiger partial charge in [0.25, 0.3) is 11.8 Å². The lowest BCUT2D eigenvalue weighted by atomic mass is 10.1. The van der Waals surface area contributed by atoms with Crippen molar-refractivity contribution in [3.63, 3.8) is 0 Å². The molecule has 2 aliphatic rings. The summed E-state index contributed by atoms with van der Waals surface area (Å²) in [6.07, 6.45) is 0. The Morgan fingerprint density at radius 1 is 1.10 bits per heavy atom. The minimum absolute atomic E-state index is 0.115. The van der Waals surface area contributed by atoms with E-state index in [2.05, 4.69) is 15.7 Å². The summed E-state index contributed by atoms with van der Waals surface area (Å²) in [7, 11) is 1.52. The van der Waals surface area contributed by atoms with Gasteiger partial charge in [-0.1, -0.05) is 5.22 Å². The Kier molecular flexibility index (Phi) is 4.86. The van der Waals surface area contributed by atoms with Crippen LogP contribution in [0.15, 0.2) is 52.8 Å². The van der Waals surface area contributed by atoms with Crippen molar-refractivity contribution in [2.45, 2.75) is 12.1 Å². The Labute approximate surface area is 168 Å². The van der Waals surface area contributed by atoms with Crippen molar-refractivity contribution in [3.8, 4) is 5.75 Å². The van der Waals surface area contributed by atoms with Crippen LogP contribution in [0.2, 0.25) is 0 Å². The first-order valence-corrected chi connectivity index (χ1v) is 8.83. The summed E-state index contributed by atoms with van der Waals surface area (Å²) in [5.74, 6) is -3.60. The van der Waals surface area contributed by atoms with Gasteiger partial charge in [-0.15, -0.1) is 0 Å². The second kappa shape index (κ2) is 7.50. The number of nitrogens with zero attached hydrogens (tertiary/aromatic N) is 4. The molecule has 3 amide bonds. The lowest BCUT2D eigenvalue weighted by Gasteiger charge is -2.20. The molecular formula is C19H15F2N5O4. The summed E-state index contributed by atoms with van der Waals surface area (Å²) in [5.41, 5.74) is 0.391. The van der Waals surface area contributed by atoms with E-state index in [4.69, 9.17) is 4.74 Å². The highest BCUT2D eigenvalue weighted by Crippen LogP contribution is 2.32. The van der Waals surface area contributed by atoms with Gasteiger partial charge in [0.15, 0.2) is 23.7 Å². The third kappa shape index (κ3) is 3.34. The molecule has 2 heterocycles. The summed E-state index contributed by atoms with van der Waals surface area (Å²) < 4.78 is 31.8. The number of imide groups is 1. The zero-order chi connectivity index (χ0) is 21.4. The maximum Gasteiger partial charge on any atom is 0.263 e. The minimum atomic E-state index is -1.19. The fourth-order valence-electron chi connectivity index (χ4n) is 3.25. The second-order valence-electron chi connectivity index (χ2n) is 6.58. The van der Waals surface area contributed by atoms with Gasteiger partial charge in [-0.05, 0) is 36.4 Å². The number of carbonyl (C=O) groups excluding carboxylic acids is 3. The van der Waals surface area contributed by atoms with Crippen LogP contribution in [0.5, 0.6) is 5.75 Å². The van der Waals surface area contributed by atoms with Crippen molar-refractivity contribution in [1.29, 1.82) is 0 Å². The summed E-state index contributed by atoms with van der Waals surface area (Å²) in [4.78, 5) is 38.4. The molecule has 4 rings (SSSR count). The number of amides is 3. The average Bonchev–Trinajstić information content (AvgIpc) is 3.24. The monoisotopic (exact) mass is 415 g/mol. The van der Waals surface area contributed by atoms with Gasteiger partial charge >= 0.3 is 0 Å². The summed E-state index contributed by atoms with van der Waals surface area (Å²) in [5, 5.41) is 11.3. The van der Waals surface area contributed by atoms with E-state index in [1.807, 2.05) is 0 Å². The molecule has 0 aliphatic carbocycles. The third-order valence-corrected chi connectivity index (χ3v) is 4.70. The van der Waals surface area contributed by atoms with Crippen molar-refractivity contribution in [2.75, 3.05) is 23.9 Å². The number of rotatable bonds is 5. The molecule has 154 valence electrons. The maximum atomic E-state index is 13.5. The number of anilines is 2. The Hall–Kier alpha value is -3.89. The quantitative estimate of drug-likeness (QED) is 0.752. The van der Waals surface area contributed by atoms with Gasteiger partial charge in [-0.2, -0.15) is 5.11 Å². The summed E-state index contributed by atoms with van der Waals surface area (Å²) in [6, 6.07) is 7.02. The van der Waals surface area contributed by atoms with E-state index in [9.17, 15) is 23.2 Å². The van der Waals surface area contributed by atoms with Crippen molar-refractivity contribution in [1.82, 2.24) is 5.01 Å². The molecule has 0 radical (unpaired) electrons. The summed E-state index contributed by atoms with van der Waals surface area (Å²) in [6.45, 7) is -0.332. The van der Waals surface area contributed by atoms with Crippen LogP contribution in [-0.2, 0) is 14.4 Å². The normalized spacial score (nSPS) is 20.0. The topological polar surface area (TPSA) is 104 Å². The Morgan fingerprint density at radius 3 is 2.50 bits per heavy atom. The number of halogens is 2. The van der Waals surface area contributed by atoms with E-state index in [1.165, 1.54) is 7.11 Å². The van der Waals surface area contributed by atoms with Crippen molar-refractivity contribution < 1.29 is 27.9 Å². The van der Waals surface area contributed by atoms with Gasteiger partial charge in [-0.3, -0.25) is 19.4 Å². The van der Waals surface area contributed by atoms with Crippen LogP contribution in [0.3, 0.4) is 0 Å². The van der Waals surface area contributed by atoms with Crippen LogP contribution in [0, 0.1) is 11.6 Å². The number of ether oxygens (including phenoxy) is 1. The molecule has 0 bridgehead atoms. The van der Waals surface area contributed by atoms with Crippen LogP contribution in [0.4, 0.5) is 20.2 Å². The van der Waals surface area contributed by atoms with Gasteiger partial charge in [0.1, 0.15) is 12.3 Å². The molecule has 1 fully saturated rings. The molecule has 1 saturated heterocycles. The highest BCUT2D eigenvalue weighted by molar-refractivity contribution is 6.25. The number of methoxy groups -OCH3 is 1. The van der Waals surface area contributed by atoms with Gasteiger partial charge in [0.2, 0.25) is 5.91 Å². The third-order valence-electron chi connectivity index (χ3n) is 4.70. The Bertz CT molecular complexity index is 1060. The molecule has 1 N–H and O–H groups in total. The molecule has 0 unspecified atom stereocenters. The van der Waals surface area contributed by atoms with Crippen molar-refractivity contribution >= 4 is 29.1 Å². The molecule has 0 aromatic heterocycles. The highest BCUT2D eigenvalue weighted by Gasteiger charge is 2.55. The second-order valence-corrected chi connectivity index (χ2v) is 6.58. The Balaban J connectivity index is 1.47. The van der Waals surface area contributed by atoms with E-state index >= 15 is 0 Å². The SMILES string of the molecule is COc1ccc(NC(=O)CN2N=N[C@H]3C(=O)N(c4ccc(F)c(F)c4)C(=O)[C@H]32)cc1. The van der Waals surface area contributed by atoms with Crippen LogP contribution in [0.25, 0.3) is 0 Å². The fraction of sp³-hybridized carbons (Fsp3) is 0.211. The molecule has 0 saturated carbocycles. The van der Waals surface area contributed by atoms with E-state index in [0.29, 0.717) is 11.4 Å². The largest absolute Gasteiger partial charge is 0.497 e. The van der Waals surface area contributed by atoms with E-state index in [-0.39, 0.29) is 12.2 Å². The smallest absolute Gasteiger partial charge is 0.263 e. The first kappa shape index (κ1) is 19.4. The van der Waals surface area contributed by atoms with Crippen LogP contribution < -0.4 is 15.0 Å². The number of carbonyl (C=O) groups is 3. The minimum Gasteiger partial charge on any atom is -0.497 e. The molecule has 2 aliphatic heterocycles. The molecule has 0 spiro atoms. The fourth-order valence-corrected chi connectivity index (χ4v) is 3.25. The predicted molar refractivity (Wildman–Crippen MR) is 99.6 cm³/mol. The number of nitrogens with one attached hydrogen (secondary N) is 1. The average molecular weight is 415 g/mol. The van der Waals surface area contributed by atoms with Crippen molar-refractivity contribution in [2.24, 2.45) is 10.3 Å². The lowest BCUT2D eigenvalue weighted by Crippen LogP contribution is -2.43. The Morgan fingerprint density at radius 2 is 1.83 bits per heavy atom. The molecule has 2 aromatic rings. The lowest BCUT2D eigenvalue weighted by molar-refractivity contribution is -0.123. The van der Waals surface area contributed by atoms with Gasteiger partial charge in [-0.25, -0.2) is 13.7 Å². The maximum absolute atomic E-state index is 13.5. The van der Waals surface area contributed by atoms with Crippen molar-refractivity contribution in [3.05, 3.63) is 54.1 Å². The number of hydrogen-bond acceptors (Lipinski definition) is 7. The molecule has 30 heavy (non-hydrogen) atoms. The summed E-state index contributed by atoms with van der Waals surface area (Å²) >= 11 is 0. The molecule has 11 heteroatoms. The number of hydrogen-bond donors (Lipinski definition) is 1. The first-order chi connectivity index (χ1) is 14.4. The predicted octanol–water partition coefficient (Wildman–Crippen LogP) is 1.91. The zero-order valence-corrected chi connectivity index (χ0v) is 15.6. The molecule has 2 atom stereocenters. The molecule has 9 nitrogen and oxygen atoms in total. The number of fused-ring (bicyclic) bond motifs is 1. The zero-order valence-electron chi connectivity index (χ0n) is 15.6. The van der Waals surface area contributed by atoms with Crippen LogP contribution in [0.1, 0.15) is 0 Å². The number of benzene rings is 2. The molecule has 2 aromatic carbocycles. The van der Waals surface area contributed by atoms with Crippen LogP contribution in [-0.4, -0.2) is 48.5 Å². The van der Waals surface area contributed by atoms with Gasteiger partial charge in [0.05, 0.1) is 12.8 Å². The van der Waals surface area contributed by atoms with Crippen LogP contribution >= 0.6 is 0 Å². The van der Waals surface area contributed by atoms with Gasteiger partial charge in [0, 0.05) is 11.8 Å². The van der Waals surface area contributed by atoms with E-state index < -0.39 is 41.4 Å². The first-order valence-electron chi connectivity index (χ1n) is 8.83. The highest BCUT2D eigenvalue weighted by atomic mass is 19.2. The molecular weight excluding hydrogens is 400 g/mol.